The number of pyridine rings is 1. The molecule has 0 saturated heterocycles. The van der Waals surface area contributed by atoms with Crippen LogP contribution in [-0.4, -0.2) is 19.9 Å². The molecule has 2 aromatic rings. The number of sulfonamides is 1. The predicted octanol–water partition coefficient (Wildman–Crippen LogP) is 2.44. The van der Waals surface area contributed by atoms with E-state index in [1.165, 1.54) is 17.5 Å². The minimum absolute atomic E-state index is 0.185. The summed E-state index contributed by atoms with van der Waals surface area (Å²) in [7, 11) is -3.57. The first kappa shape index (κ1) is 15.0. The highest BCUT2D eigenvalue weighted by Gasteiger charge is 2.18. The van der Waals surface area contributed by atoms with E-state index in [0.717, 1.165) is 17.8 Å². The zero-order valence-electron chi connectivity index (χ0n) is 11.2. The minimum atomic E-state index is -3.57. The molecule has 0 atom stereocenters. The monoisotopic (exact) mass is 311 g/mol. The summed E-state index contributed by atoms with van der Waals surface area (Å²) in [6.07, 6.45) is 3.87. The smallest absolute Gasteiger partial charge is 0.244 e. The van der Waals surface area contributed by atoms with Gasteiger partial charge >= 0.3 is 0 Å². The fourth-order valence-electron chi connectivity index (χ4n) is 1.66. The van der Waals surface area contributed by atoms with E-state index in [2.05, 4.69) is 15.0 Å². The Morgan fingerprint density at radius 3 is 2.90 bits per heavy atom. The molecule has 0 bridgehead atoms. The van der Waals surface area contributed by atoms with Crippen LogP contribution in [0.1, 0.15) is 18.2 Å². The number of anilines is 1. The fourth-order valence-corrected chi connectivity index (χ4v) is 3.52. The Bertz CT molecular complexity index is 639. The number of nitrogens with zero attached hydrogens (tertiary/aromatic N) is 1. The van der Waals surface area contributed by atoms with E-state index in [9.17, 15) is 8.42 Å². The number of thiophene rings is 1. The molecular weight excluding hydrogens is 294 g/mol. The first-order valence-corrected chi connectivity index (χ1v) is 8.69. The van der Waals surface area contributed by atoms with Gasteiger partial charge in [0.15, 0.2) is 0 Å². The highest BCUT2D eigenvalue weighted by molar-refractivity contribution is 7.89. The Labute approximate surface area is 123 Å². The van der Waals surface area contributed by atoms with Crippen LogP contribution in [0.4, 0.5) is 5.69 Å². The SMILES string of the molecule is CCCNc1ccncc1S(=O)(=O)NCc1cccs1. The summed E-state index contributed by atoms with van der Waals surface area (Å²) >= 11 is 1.52. The molecule has 0 aliphatic heterocycles. The number of rotatable bonds is 7. The Hall–Kier alpha value is -1.44. The summed E-state index contributed by atoms with van der Waals surface area (Å²) < 4.78 is 27.2. The van der Waals surface area contributed by atoms with Crippen molar-refractivity contribution in [1.29, 1.82) is 0 Å². The second kappa shape index (κ2) is 6.83. The predicted molar refractivity (Wildman–Crippen MR) is 81.4 cm³/mol. The van der Waals surface area contributed by atoms with E-state index in [0.29, 0.717) is 12.2 Å². The van der Waals surface area contributed by atoms with Crippen molar-refractivity contribution < 1.29 is 8.42 Å². The van der Waals surface area contributed by atoms with Crippen LogP contribution in [0.3, 0.4) is 0 Å². The Kier molecular flexibility index (Phi) is 5.11. The third-order valence-corrected chi connectivity index (χ3v) is 4.96. The first-order valence-electron chi connectivity index (χ1n) is 6.33. The van der Waals surface area contributed by atoms with Crippen molar-refractivity contribution in [2.24, 2.45) is 0 Å². The molecule has 0 aliphatic rings. The molecule has 2 rings (SSSR count). The van der Waals surface area contributed by atoms with Gasteiger partial charge in [-0.05, 0) is 23.9 Å². The Morgan fingerprint density at radius 2 is 2.20 bits per heavy atom. The van der Waals surface area contributed by atoms with Crippen LogP contribution in [0.25, 0.3) is 0 Å². The molecule has 0 fully saturated rings. The van der Waals surface area contributed by atoms with Gasteiger partial charge in [0, 0.05) is 30.4 Å². The average Bonchev–Trinajstić information content (AvgIpc) is 2.97. The molecule has 0 aromatic carbocycles. The lowest BCUT2D eigenvalue weighted by atomic mass is 10.4. The zero-order valence-corrected chi connectivity index (χ0v) is 12.8. The number of aromatic nitrogens is 1. The van der Waals surface area contributed by atoms with Crippen LogP contribution < -0.4 is 10.0 Å². The summed E-state index contributed by atoms with van der Waals surface area (Å²) in [5.41, 5.74) is 0.584. The van der Waals surface area contributed by atoms with Gasteiger partial charge in [-0.15, -0.1) is 11.3 Å². The van der Waals surface area contributed by atoms with Gasteiger partial charge in [-0.2, -0.15) is 0 Å². The van der Waals surface area contributed by atoms with Crippen molar-refractivity contribution in [3.05, 3.63) is 40.8 Å². The maximum absolute atomic E-state index is 12.3. The lowest BCUT2D eigenvalue weighted by Gasteiger charge is -2.11. The Morgan fingerprint density at radius 1 is 1.35 bits per heavy atom. The van der Waals surface area contributed by atoms with Crippen molar-refractivity contribution in [1.82, 2.24) is 9.71 Å². The molecule has 108 valence electrons. The van der Waals surface area contributed by atoms with Crippen LogP contribution in [0.5, 0.6) is 0 Å². The van der Waals surface area contributed by atoms with Crippen LogP contribution in [-0.2, 0) is 16.6 Å². The highest BCUT2D eigenvalue weighted by Crippen LogP contribution is 2.20. The lowest BCUT2D eigenvalue weighted by molar-refractivity contribution is 0.581. The third kappa shape index (κ3) is 3.78. The van der Waals surface area contributed by atoms with Gasteiger partial charge in [-0.25, -0.2) is 13.1 Å². The van der Waals surface area contributed by atoms with Gasteiger partial charge in [0.1, 0.15) is 4.90 Å². The van der Waals surface area contributed by atoms with Crippen molar-refractivity contribution in [2.75, 3.05) is 11.9 Å². The summed E-state index contributed by atoms with van der Waals surface area (Å²) in [5.74, 6) is 0. The molecule has 0 radical (unpaired) electrons. The van der Waals surface area contributed by atoms with Crippen LogP contribution in [0.2, 0.25) is 0 Å². The maximum Gasteiger partial charge on any atom is 0.244 e. The van der Waals surface area contributed by atoms with Gasteiger partial charge in [0.05, 0.1) is 5.69 Å². The fraction of sp³-hybridized carbons (Fsp3) is 0.308. The topological polar surface area (TPSA) is 71.1 Å². The van der Waals surface area contributed by atoms with Crippen molar-refractivity contribution in [3.63, 3.8) is 0 Å². The normalized spacial score (nSPS) is 11.4. The van der Waals surface area contributed by atoms with Gasteiger partial charge in [0.2, 0.25) is 10.0 Å². The van der Waals surface area contributed by atoms with E-state index < -0.39 is 10.0 Å². The maximum atomic E-state index is 12.3. The van der Waals surface area contributed by atoms with Crippen LogP contribution >= 0.6 is 11.3 Å². The van der Waals surface area contributed by atoms with E-state index >= 15 is 0 Å². The van der Waals surface area contributed by atoms with E-state index in [1.54, 1.807) is 12.3 Å². The molecule has 0 amide bonds. The summed E-state index contributed by atoms with van der Waals surface area (Å²) in [5, 5.41) is 5.02. The zero-order chi connectivity index (χ0) is 14.4. The summed E-state index contributed by atoms with van der Waals surface area (Å²) in [6, 6.07) is 5.47. The summed E-state index contributed by atoms with van der Waals surface area (Å²) in [6.45, 7) is 3.04. The standard InChI is InChI=1S/C13H17N3O2S2/c1-2-6-15-12-5-7-14-10-13(12)20(17,18)16-9-11-4-3-8-19-11/h3-5,7-8,10,16H,2,6,9H2,1H3,(H,14,15). The van der Waals surface area contributed by atoms with E-state index in [-0.39, 0.29) is 4.90 Å². The largest absolute Gasteiger partial charge is 0.384 e. The quantitative estimate of drug-likeness (QED) is 0.824. The molecular formula is C13H17N3O2S2. The molecule has 7 heteroatoms. The molecule has 0 saturated carbocycles. The lowest BCUT2D eigenvalue weighted by Crippen LogP contribution is -2.24. The van der Waals surface area contributed by atoms with Crippen molar-refractivity contribution >= 4 is 27.0 Å². The molecule has 2 heterocycles. The molecule has 0 spiro atoms. The van der Waals surface area contributed by atoms with E-state index in [4.69, 9.17) is 0 Å². The third-order valence-electron chi connectivity index (χ3n) is 2.66. The molecule has 2 aromatic heterocycles. The van der Waals surface area contributed by atoms with Gasteiger partial charge in [-0.3, -0.25) is 4.98 Å². The van der Waals surface area contributed by atoms with E-state index in [1.807, 2.05) is 24.4 Å². The van der Waals surface area contributed by atoms with Crippen LogP contribution in [0, 0.1) is 0 Å². The minimum Gasteiger partial charge on any atom is -0.384 e. The second-order valence-corrected chi connectivity index (χ2v) is 6.97. The highest BCUT2D eigenvalue weighted by atomic mass is 32.2. The molecule has 0 unspecified atom stereocenters. The summed E-state index contributed by atoms with van der Waals surface area (Å²) in [4.78, 5) is 5.07. The van der Waals surface area contributed by atoms with Crippen molar-refractivity contribution in [3.8, 4) is 0 Å². The molecule has 20 heavy (non-hydrogen) atoms. The van der Waals surface area contributed by atoms with Gasteiger partial charge < -0.3 is 5.32 Å². The second-order valence-electron chi connectivity index (χ2n) is 4.20. The van der Waals surface area contributed by atoms with Crippen LogP contribution in [0.15, 0.2) is 40.9 Å². The number of nitrogens with one attached hydrogen (secondary N) is 2. The number of hydrogen-bond acceptors (Lipinski definition) is 5. The molecule has 5 nitrogen and oxygen atoms in total. The number of hydrogen-bond donors (Lipinski definition) is 2. The van der Waals surface area contributed by atoms with Gasteiger partial charge in [0.25, 0.3) is 0 Å². The Balaban J connectivity index is 2.16. The first-order chi connectivity index (χ1) is 9.63. The molecule has 2 N–H and O–H groups in total. The molecule has 0 aliphatic carbocycles. The average molecular weight is 311 g/mol. The van der Waals surface area contributed by atoms with Gasteiger partial charge in [-0.1, -0.05) is 13.0 Å². The van der Waals surface area contributed by atoms with Crippen molar-refractivity contribution in [2.45, 2.75) is 24.8 Å².